The van der Waals surface area contributed by atoms with E-state index in [0.29, 0.717) is 16.7 Å². The normalized spacial score (nSPS) is 12.0. The molecule has 0 saturated heterocycles. The molecule has 0 aromatic heterocycles. The summed E-state index contributed by atoms with van der Waals surface area (Å²) in [5, 5.41) is 3.49. The van der Waals surface area contributed by atoms with Gasteiger partial charge in [0.2, 0.25) is 5.91 Å². The van der Waals surface area contributed by atoms with E-state index >= 15 is 0 Å². The first-order chi connectivity index (χ1) is 14.6. The molecule has 5 nitrogen and oxygen atoms in total. The van der Waals surface area contributed by atoms with Gasteiger partial charge in [-0.25, -0.2) is 0 Å². The molecule has 0 heterocycles. The van der Waals surface area contributed by atoms with Gasteiger partial charge in [-0.15, -0.1) is 0 Å². The van der Waals surface area contributed by atoms with Crippen molar-refractivity contribution in [2.75, 3.05) is 6.61 Å². The number of carbonyl (C=O) groups is 2. The average molecular weight is 510 g/mol. The van der Waals surface area contributed by atoms with Crippen molar-refractivity contribution in [3.05, 3.63) is 63.1 Å². The SMILES string of the molecule is CC(C)NC(=O)[C@@H](C)N(Cc1ccc(Cl)cc1)C(=O)COc1ccc(C(C)C)cc1Br. The molecule has 0 aliphatic heterocycles. The molecule has 0 aliphatic rings. The first kappa shape index (κ1) is 25.2. The molecule has 0 radical (unpaired) electrons. The lowest BCUT2D eigenvalue weighted by atomic mass is 10.0. The Hall–Kier alpha value is -2.05. The molecule has 31 heavy (non-hydrogen) atoms. The third-order valence-corrected chi connectivity index (χ3v) is 5.71. The summed E-state index contributed by atoms with van der Waals surface area (Å²) in [7, 11) is 0. The Kier molecular flexibility index (Phi) is 9.38. The lowest BCUT2D eigenvalue weighted by Gasteiger charge is -2.29. The molecule has 0 spiro atoms. The predicted octanol–water partition coefficient (Wildman–Crippen LogP) is 5.55. The molecule has 0 bridgehead atoms. The van der Waals surface area contributed by atoms with E-state index in [9.17, 15) is 9.59 Å². The van der Waals surface area contributed by atoms with Crippen LogP contribution >= 0.6 is 27.5 Å². The smallest absolute Gasteiger partial charge is 0.261 e. The van der Waals surface area contributed by atoms with Gasteiger partial charge in [-0.2, -0.15) is 0 Å². The molecule has 7 heteroatoms. The Bertz CT molecular complexity index is 900. The van der Waals surface area contributed by atoms with Gasteiger partial charge in [-0.1, -0.05) is 43.6 Å². The largest absolute Gasteiger partial charge is 0.483 e. The number of ether oxygens (including phenoxy) is 1. The summed E-state index contributed by atoms with van der Waals surface area (Å²) in [4.78, 5) is 27.2. The summed E-state index contributed by atoms with van der Waals surface area (Å²) in [6, 6.07) is 12.4. The third-order valence-electron chi connectivity index (χ3n) is 4.84. The summed E-state index contributed by atoms with van der Waals surface area (Å²) < 4.78 is 6.58. The van der Waals surface area contributed by atoms with Crippen LogP contribution < -0.4 is 10.1 Å². The van der Waals surface area contributed by atoms with Gasteiger partial charge in [-0.05, 0) is 78.0 Å². The number of hydrogen-bond donors (Lipinski definition) is 1. The van der Waals surface area contributed by atoms with Crippen molar-refractivity contribution in [2.45, 2.75) is 59.2 Å². The highest BCUT2D eigenvalue weighted by Gasteiger charge is 2.27. The number of benzene rings is 2. The van der Waals surface area contributed by atoms with Gasteiger partial charge in [0.15, 0.2) is 6.61 Å². The molecule has 2 aromatic carbocycles. The zero-order chi connectivity index (χ0) is 23.1. The molecule has 0 aliphatic carbocycles. The molecule has 2 amide bonds. The van der Waals surface area contributed by atoms with E-state index in [1.165, 1.54) is 10.5 Å². The summed E-state index contributed by atoms with van der Waals surface area (Å²) in [6.45, 7) is 9.83. The first-order valence-corrected chi connectivity index (χ1v) is 11.5. The second-order valence-electron chi connectivity index (χ2n) is 8.12. The maximum Gasteiger partial charge on any atom is 0.261 e. The molecular weight excluding hydrogens is 480 g/mol. The van der Waals surface area contributed by atoms with Gasteiger partial charge >= 0.3 is 0 Å². The van der Waals surface area contributed by atoms with Crippen molar-refractivity contribution < 1.29 is 14.3 Å². The zero-order valence-corrected chi connectivity index (χ0v) is 21.0. The van der Waals surface area contributed by atoms with Crippen LogP contribution in [-0.2, 0) is 16.1 Å². The van der Waals surface area contributed by atoms with Crippen LogP contribution in [0.1, 0.15) is 51.7 Å². The Labute approximate surface area is 198 Å². The van der Waals surface area contributed by atoms with Crippen molar-refractivity contribution in [3.63, 3.8) is 0 Å². The van der Waals surface area contributed by atoms with Crippen LogP contribution in [0.2, 0.25) is 5.02 Å². The number of nitrogens with one attached hydrogen (secondary N) is 1. The standard InChI is InChI=1S/C24H30BrClN2O3/c1-15(2)19-8-11-22(21(25)12-19)31-14-23(29)28(17(5)24(30)27-16(3)4)13-18-6-9-20(26)10-7-18/h6-12,15-17H,13-14H2,1-5H3,(H,27,30)/t17-/m1/s1. The Balaban J connectivity index is 2.16. The molecule has 168 valence electrons. The van der Waals surface area contributed by atoms with Gasteiger partial charge in [0.1, 0.15) is 11.8 Å². The summed E-state index contributed by atoms with van der Waals surface area (Å²) in [5.74, 6) is 0.492. The van der Waals surface area contributed by atoms with Crippen molar-refractivity contribution in [3.8, 4) is 5.75 Å². The zero-order valence-electron chi connectivity index (χ0n) is 18.6. The van der Waals surface area contributed by atoms with Crippen LogP contribution in [0.15, 0.2) is 46.9 Å². The van der Waals surface area contributed by atoms with Gasteiger partial charge in [-0.3, -0.25) is 9.59 Å². The number of nitrogens with zero attached hydrogens (tertiary/aromatic N) is 1. The van der Waals surface area contributed by atoms with Crippen molar-refractivity contribution in [1.82, 2.24) is 10.2 Å². The summed E-state index contributed by atoms with van der Waals surface area (Å²) >= 11 is 9.49. The van der Waals surface area contributed by atoms with Crippen LogP contribution in [0.4, 0.5) is 0 Å². The number of rotatable bonds is 9. The Morgan fingerprint density at radius 1 is 1.06 bits per heavy atom. The summed E-state index contributed by atoms with van der Waals surface area (Å²) in [6.07, 6.45) is 0. The quantitative estimate of drug-likeness (QED) is 0.482. The van der Waals surface area contributed by atoms with Crippen molar-refractivity contribution in [1.29, 1.82) is 0 Å². The minimum absolute atomic E-state index is 0.0193. The molecule has 1 atom stereocenters. The van der Waals surface area contributed by atoms with Gasteiger partial charge in [0.25, 0.3) is 5.91 Å². The van der Waals surface area contributed by atoms with E-state index in [1.54, 1.807) is 19.1 Å². The maximum absolute atomic E-state index is 13.1. The van der Waals surface area contributed by atoms with E-state index in [4.69, 9.17) is 16.3 Å². The van der Waals surface area contributed by atoms with Crippen LogP contribution in [-0.4, -0.2) is 35.4 Å². The number of hydrogen-bond acceptors (Lipinski definition) is 3. The molecule has 0 fully saturated rings. The van der Waals surface area contributed by atoms with Gasteiger partial charge in [0.05, 0.1) is 4.47 Å². The second-order valence-corrected chi connectivity index (χ2v) is 9.41. The lowest BCUT2D eigenvalue weighted by Crippen LogP contribution is -2.50. The fraction of sp³-hybridized carbons (Fsp3) is 0.417. The first-order valence-electron chi connectivity index (χ1n) is 10.3. The fourth-order valence-corrected chi connectivity index (χ4v) is 3.63. The lowest BCUT2D eigenvalue weighted by molar-refractivity contribution is -0.142. The van der Waals surface area contributed by atoms with E-state index in [2.05, 4.69) is 35.1 Å². The van der Waals surface area contributed by atoms with E-state index in [-0.39, 0.29) is 31.0 Å². The van der Waals surface area contributed by atoms with Crippen LogP contribution in [0.3, 0.4) is 0 Å². The summed E-state index contributed by atoms with van der Waals surface area (Å²) in [5.41, 5.74) is 2.05. The highest BCUT2D eigenvalue weighted by molar-refractivity contribution is 9.10. The predicted molar refractivity (Wildman–Crippen MR) is 128 cm³/mol. The highest BCUT2D eigenvalue weighted by Crippen LogP contribution is 2.29. The topological polar surface area (TPSA) is 58.6 Å². The minimum atomic E-state index is -0.652. The maximum atomic E-state index is 13.1. The average Bonchev–Trinajstić information content (AvgIpc) is 2.71. The fourth-order valence-electron chi connectivity index (χ4n) is 2.99. The van der Waals surface area contributed by atoms with Gasteiger partial charge in [0, 0.05) is 17.6 Å². The van der Waals surface area contributed by atoms with E-state index in [0.717, 1.165) is 10.0 Å². The van der Waals surface area contributed by atoms with E-state index in [1.807, 2.05) is 44.2 Å². The third kappa shape index (κ3) is 7.54. The van der Waals surface area contributed by atoms with Crippen LogP contribution in [0.25, 0.3) is 0 Å². The van der Waals surface area contributed by atoms with Crippen molar-refractivity contribution >= 4 is 39.3 Å². The Morgan fingerprint density at radius 3 is 2.26 bits per heavy atom. The molecule has 2 aromatic rings. The molecule has 0 unspecified atom stereocenters. The van der Waals surface area contributed by atoms with E-state index < -0.39 is 6.04 Å². The molecule has 0 saturated carbocycles. The second kappa shape index (κ2) is 11.5. The Morgan fingerprint density at radius 2 is 1.71 bits per heavy atom. The highest BCUT2D eigenvalue weighted by atomic mass is 79.9. The molecular formula is C24H30BrClN2O3. The minimum Gasteiger partial charge on any atom is -0.483 e. The van der Waals surface area contributed by atoms with Crippen LogP contribution in [0, 0.1) is 0 Å². The number of amides is 2. The molecule has 1 N–H and O–H groups in total. The number of carbonyl (C=O) groups excluding carboxylic acids is 2. The van der Waals surface area contributed by atoms with Gasteiger partial charge < -0.3 is 15.0 Å². The van der Waals surface area contributed by atoms with Crippen molar-refractivity contribution in [2.24, 2.45) is 0 Å². The molecule has 2 rings (SSSR count). The van der Waals surface area contributed by atoms with Crippen LogP contribution in [0.5, 0.6) is 5.75 Å². The number of halogens is 2. The monoisotopic (exact) mass is 508 g/mol.